The highest BCUT2D eigenvalue weighted by Crippen LogP contribution is 2.27. The van der Waals surface area contributed by atoms with Crippen molar-refractivity contribution in [1.82, 2.24) is 4.90 Å². The highest BCUT2D eigenvalue weighted by molar-refractivity contribution is 5.94. The molecule has 6 nitrogen and oxygen atoms in total. The van der Waals surface area contributed by atoms with E-state index < -0.39 is 16.6 Å². The SMILES string of the molecule is COC(=O)/C(=C(/c1ccccc1)N1CCCCC1)[N+](=O)[O-]. The normalized spacial score (nSPS) is 16.1. The van der Waals surface area contributed by atoms with E-state index in [-0.39, 0.29) is 0 Å². The molecule has 1 fully saturated rings. The molecule has 1 aromatic rings. The van der Waals surface area contributed by atoms with E-state index in [1.165, 1.54) is 0 Å². The zero-order valence-corrected chi connectivity index (χ0v) is 11.9. The van der Waals surface area contributed by atoms with E-state index in [4.69, 9.17) is 0 Å². The van der Waals surface area contributed by atoms with Crippen molar-refractivity contribution in [1.29, 1.82) is 0 Å². The maximum Gasteiger partial charge on any atom is 0.411 e. The number of esters is 1. The lowest BCUT2D eigenvalue weighted by atomic mass is 10.0. The molecule has 0 aromatic heterocycles. The zero-order valence-electron chi connectivity index (χ0n) is 11.9. The minimum atomic E-state index is -0.913. The molecule has 112 valence electrons. The Morgan fingerprint density at radius 1 is 1.19 bits per heavy atom. The van der Waals surface area contributed by atoms with Gasteiger partial charge in [0.25, 0.3) is 0 Å². The highest BCUT2D eigenvalue weighted by atomic mass is 16.6. The van der Waals surface area contributed by atoms with Crippen molar-refractivity contribution in [2.24, 2.45) is 0 Å². The number of carbonyl (C=O) groups excluding carboxylic acids is 1. The molecule has 0 amide bonds. The van der Waals surface area contributed by atoms with Crippen molar-refractivity contribution in [3.63, 3.8) is 0 Å². The largest absolute Gasteiger partial charge is 0.461 e. The number of carbonyl (C=O) groups is 1. The second-order valence-corrected chi connectivity index (χ2v) is 4.86. The van der Waals surface area contributed by atoms with E-state index in [9.17, 15) is 14.9 Å². The molecule has 0 saturated carbocycles. The molecule has 1 aromatic carbocycles. The van der Waals surface area contributed by atoms with E-state index in [1.54, 1.807) is 24.3 Å². The third kappa shape index (κ3) is 3.39. The van der Waals surface area contributed by atoms with Crippen LogP contribution in [0, 0.1) is 10.1 Å². The molecule has 0 bridgehead atoms. The maximum absolute atomic E-state index is 11.9. The Bertz CT molecular complexity index is 548. The number of piperidine rings is 1. The number of methoxy groups -OCH3 is 1. The molecular weight excluding hydrogens is 272 g/mol. The average Bonchev–Trinajstić information content (AvgIpc) is 2.53. The molecule has 0 radical (unpaired) electrons. The van der Waals surface area contributed by atoms with Crippen LogP contribution in [0.4, 0.5) is 0 Å². The first-order chi connectivity index (χ1) is 10.1. The van der Waals surface area contributed by atoms with Crippen LogP contribution in [0.25, 0.3) is 5.70 Å². The summed E-state index contributed by atoms with van der Waals surface area (Å²) in [6.07, 6.45) is 3.02. The minimum absolute atomic E-state index is 0.354. The molecule has 0 N–H and O–H groups in total. The molecular formula is C15H18N2O4. The van der Waals surface area contributed by atoms with Crippen molar-refractivity contribution in [3.05, 3.63) is 51.7 Å². The van der Waals surface area contributed by atoms with Gasteiger partial charge < -0.3 is 9.64 Å². The molecule has 1 aliphatic heterocycles. The smallest absolute Gasteiger partial charge is 0.411 e. The molecule has 21 heavy (non-hydrogen) atoms. The number of likely N-dealkylation sites (tertiary alicyclic amines) is 1. The van der Waals surface area contributed by atoms with Crippen molar-refractivity contribution < 1.29 is 14.5 Å². The average molecular weight is 290 g/mol. The van der Waals surface area contributed by atoms with Gasteiger partial charge in [-0.1, -0.05) is 30.3 Å². The van der Waals surface area contributed by atoms with Gasteiger partial charge >= 0.3 is 11.7 Å². The van der Waals surface area contributed by atoms with E-state index in [2.05, 4.69) is 4.74 Å². The van der Waals surface area contributed by atoms with Gasteiger partial charge in [-0.3, -0.25) is 10.1 Å². The third-order valence-corrected chi connectivity index (χ3v) is 3.51. The highest BCUT2D eigenvalue weighted by Gasteiger charge is 2.33. The number of hydrogen-bond acceptors (Lipinski definition) is 5. The van der Waals surface area contributed by atoms with Gasteiger partial charge in [-0.25, -0.2) is 4.79 Å². The van der Waals surface area contributed by atoms with Crippen LogP contribution in [-0.2, 0) is 9.53 Å². The van der Waals surface area contributed by atoms with Crippen LogP contribution < -0.4 is 0 Å². The standard InChI is InChI=1S/C15H18N2O4/c1-21-15(18)14(17(19)20)13(12-8-4-2-5-9-12)16-10-6-3-7-11-16/h2,4-5,8-9H,3,6-7,10-11H2,1H3/b14-13+. The number of rotatable bonds is 4. The zero-order chi connectivity index (χ0) is 15.2. The Balaban J connectivity index is 2.57. The lowest BCUT2D eigenvalue weighted by Gasteiger charge is -2.30. The summed E-state index contributed by atoms with van der Waals surface area (Å²) in [4.78, 5) is 24.5. The summed E-state index contributed by atoms with van der Waals surface area (Å²) < 4.78 is 4.60. The van der Waals surface area contributed by atoms with E-state index in [1.807, 2.05) is 11.0 Å². The van der Waals surface area contributed by atoms with Crippen LogP contribution in [0.1, 0.15) is 24.8 Å². The van der Waals surface area contributed by atoms with Gasteiger partial charge in [0.2, 0.25) is 0 Å². The molecule has 0 atom stereocenters. The Morgan fingerprint density at radius 3 is 2.33 bits per heavy atom. The number of nitrogens with zero attached hydrogens (tertiary/aromatic N) is 2. The van der Waals surface area contributed by atoms with Crippen LogP contribution in [0.2, 0.25) is 0 Å². The summed E-state index contributed by atoms with van der Waals surface area (Å²) in [7, 11) is 1.16. The summed E-state index contributed by atoms with van der Waals surface area (Å²) in [5.74, 6) is -0.913. The van der Waals surface area contributed by atoms with Crippen LogP contribution in [0.3, 0.4) is 0 Å². The van der Waals surface area contributed by atoms with Gasteiger partial charge in [0, 0.05) is 18.7 Å². The van der Waals surface area contributed by atoms with Crippen molar-refractivity contribution in [2.75, 3.05) is 20.2 Å². The minimum Gasteiger partial charge on any atom is -0.461 e. The molecule has 1 aliphatic rings. The lowest BCUT2D eigenvalue weighted by molar-refractivity contribution is -0.420. The van der Waals surface area contributed by atoms with Crippen molar-refractivity contribution >= 4 is 11.7 Å². The monoisotopic (exact) mass is 290 g/mol. The Morgan fingerprint density at radius 2 is 1.81 bits per heavy atom. The molecule has 1 saturated heterocycles. The quantitative estimate of drug-likeness (QED) is 0.368. The Labute approximate surface area is 123 Å². The maximum atomic E-state index is 11.9. The topological polar surface area (TPSA) is 72.7 Å². The summed E-state index contributed by atoms with van der Waals surface area (Å²) in [5.41, 5.74) is 0.522. The molecule has 1 heterocycles. The molecule has 2 rings (SSSR count). The third-order valence-electron chi connectivity index (χ3n) is 3.51. The van der Waals surface area contributed by atoms with E-state index >= 15 is 0 Å². The van der Waals surface area contributed by atoms with Gasteiger partial charge in [-0.05, 0) is 19.3 Å². The van der Waals surface area contributed by atoms with Crippen LogP contribution >= 0.6 is 0 Å². The fourth-order valence-electron chi connectivity index (χ4n) is 2.54. The van der Waals surface area contributed by atoms with E-state index in [0.717, 1.165) is 26.4 Å². The van der Waals surface area contributed by atoms with Crippen molar-refractivity contribution in [3.8, 4) is 0 Å². The summed E-state index contributed by atoms with van der Waals surface area (Å²) in [6.45, 7) is 1.41. The summed E-state index contributed by atoms with van der Waals surface area (Å²) in [6, 6.07) is 8.98. The Hall–Kier alpha value is -2.37. The second kappa shape index (κ2) is 6.88. The predicted molar refractivity (Wildman–Crippen MR) is 77.8 cm³/mol. The van der Waals surface area contributed by atoms with Crippen LogP contribution in [0.15, 0.2) is 36.0 Å². The first kappa shape index (κ1) is 15.0. The Kier molecular flexibility index (Phi) is 4.92. The summed E-state index contributed by atoms with van der Waals surface area (Å²) >= 11 is 0. The number of benzene rings is 1. The molecule has 6 heteroatoms. The van der Waals surface area contributed by atoms with Crippen molar-refractivity contribution in [2.45, 2.75) is 19.3 Å². The fourth-order valence-corrected chi connectivity index (χ4v) is 2.54. The van der Waals surface area contributed by atoms with Crippen LogP contribution in [0.5, 0.6) is 0 Å². The second-order valence-electron chi connectivity index (χ2n) is 4.86. The number of ether oxygens (including phenoxy) is 1. The molecule has 0 spiro atoms. The first-order valence-electron chi connectivity index (χ1n) is 6.92. The van der Waals surface area contributed by atoms with Crippen LogP contribution in [-0.4, -0.2) is 36.0 Å². The molecule has 0 aliphatic carbocycles. The van der Waals surface area contributed by atoms with Gasteiger partial charge in [0.05, 0.1) is 12.0 Å². The van der Waals surface area contributed by atoms with Gasteiger partial charge in [0.1, 0.15) is 5.70 Å². The number of hydrogen-bond donors (Lipinski definition) is 0. The van der Waals surface area contributed by atoms with Gasteiger partial charge in [-0.15, -0.1) is 0 Å². The summed E-state index contributed by atoms with van der Waals surface area (Å²) in [5, 5.41) is 11.4. The van der Waals surface area contributed by atoms with E-state index in [0.29, 0.717) is 24.4 Å². The lowest BCUT2D eigenvalue weighted by Crippen LogP contribution is -2.32. The van der Waals surface area contributed by atoms with Gasteiger partial charge in [0.15, 0.2) is 0 Å². The van der Waals surface area contributed by atoms with Gasteiger partial charge in [-0.2, -0.15) is 0 Å². The molecule has 0 unspecified atom stereocenters. The predicted octanol–water partition coefficient (Wildman–Crippen LogP) is 2.29. The first-order valence-corrected chi connectivity index (χ1v) is 6.92. The number of nitro groups is 1. The fraction of sp³-hybridized carbons (Fsp3) is 0.400.